The lowest BCUT2D eigenvalue weighted by Crippen LogP contribution is -2.22. The summed E-state index contributed by atoms with van der Waals surface area (Å²) in [6, 6.07) is 21.6. The summed E-state index contributed by atoms with van der Waals surface area (Å²) < 4.78 is 0. The molecule has 0 spiro atoms. The highest BCUT2D eigenvalue weighted by Gasteiger charge is 2.11. The maximum atomic E-state index is 12.4. The number of fused-ring (bicyclic) bond motifs is 1. The molecule has 1 heterocycles. The summed E-state index contributed by atoms with van der Waals surface area (Å²) in [7, 11) is 0. The molecule has 0 unspecified atom stereocenters. The Bertz CT molecular complexity index is 1270. The smallest absolute Gasteiger partial charge is 0.335 e. The third-order valence-electron chi connectivity index (χ3n) is 4.72. The van der Waals surface area contributed by atoms with Gasteiger partial charge < -0.3 is 15.7 Å². The quantitative estimate of drug-likeness (QED) is 0.435. The molecule has 7 heteroatoms. The van der Waals surface area contributed by atoms with Crippen LogP contribution in [0.15, 0.2) is 72.8 Å². The number of amides is 1. The number of carbonyl (C=O) groups is 2. The number of carbonyl (C=O) groups excluding carboxylic acids is 1. The summed E-state index contributed by atoms with van der Waals surface area (Å²) in [6.07, 6.45) is 0. The third kappa shape index (κ3) is 4.67. The molecule has 4 aromatic rings. The van der Waals surface area contributed by atoms with Gasteiger partial charge in [-0.15, -0.1) is 0 Å². The second-order valence-electron chi connectivity index (χ2n) is 7.07. The molecular formula is C24H20N4O3. The number of aromatic carboxylic acids is 1. The summed E-state index contributed by atoms with van der Waals surface area (Å²) >= 11 is 0. The summed E-state index contributed by atoms with van der Waals surface area (Å²) in [5.41, 5.74) is 3.32. The Morgan fingerprint density at radius 2 is 1.71 bits per heavy atom. The average molecular weight is 412 g/mol. The van der Waals surface area contributed by atoms with Crippen molar-refractivity contribution in [1.82, 2.24) is 9.97 Å². The van der Waals surface area contributed by atoms with Crippen molar-refractivity contribution < 1.29 is 14.7 Å². The van der Waals surface area contributed by atoms with Crippen LogP contribution in [0, 0.1) is 6.92 Å². The Labute approximate surface area is 178 Å². The molecule has 0 aliphatic carbocycles. The lowest BCUT2D eigenvalue weighted by molar-refractivity contribution is -0.114. The van der Waals surface area contributed by atoms with Gasteiger partial charge in [0.1, 0.15) is 5.82 Å². The van der Waals surface area contributed by atoms with Crippen molar-refractivity contribution >= 4 is 34.3 Å². The molecule has 4 rings (SSSR count). The molecule has 0 bridgehead atoms. The van der Waals surface area contributed by atoms with E-state index in [1.54, 1.807) is 12.1 Å². The minimum Gasteiger partial charge on any atom is -0.478 e. The van der Waals surface area contributed by atoms with E-state index < -0.39 is 5.97 Å². The maximum absolute atomic E-state index is 12.4. The van der Waals surface area contributed by atoms with Crippen molar-refractivity contribution in [3.05, 3.63) is 83.9 Å². The van der Waals surface area contributed by atoms with Crippen LogP contribution >= 0.6 is 0 Å². The van der Waals surface area contributed by atoms with E-state index in [9.17, 15) is 9.59 Å². The maximum Gasteiger partial charge on any atom is 0.335 e. The zero-order chi connectivity index (χ0) is 21.8. The van der Waals surface area contributed by atoms with Crippen LogP contribution in [0.5, 0.6) is 0 Å². The number of carboxylic acid groups (broad SMARTS) is 1. The number of hydrogen-bond acceptors (Lipinski definition) is 5. The van der Waals surface area contributed by atoms with Gasteiger partial charge in [0.2, 0.25) is 5.91 Å². The van der Waals surface area contributed by atoms with Crippen LogP contribution in [0.3, 0.4) is 0 Å². The predicted molar refractivity (Wildman–Crippen MR) is 120 cm³/mol. The SMILES string of the molecule is Cc1ccc(-c2nc(NCC(=O)Nc3cccc(C(=O)O)c3)c3ccccc3n2)cc1. The fourth-order valence-electron chi connectivity index (χ4n) is 3.14. The fourth-order valence-corrected chi connectivity index (χ4v) is 3.14. The average Bonchev–Trinajstić information content (AvgIpc) is 2.78. The Hall–Kier alpha value is -4.26. The van der Waals surface area contributed by atoms with Gasteiger partial charge in [0.15, 0.2) is 5.82 Å². The Balaban J connectivity index is 1.56. The van der Waals surface area contributed by atoms with Gasteiger partial charge in [0, 0.05) is 16.6 Å². The van der Waals surface area contributed by atoms with Crippen LogP contribution in [-0.2, 0) is 4.79 Å². The van der Waals surface area contributed by atoms with Crippen LogP contribution < -0.4 is 10.6 Å². The van der Waals surface area contributed by atoms with E-state index in [2.05, 4.69) is 20.6 Å². The number of nitrogens with zero attached hydrogens (tertiary/aromatic N) is 2. The van der Waals surface area contributed by atoms with E-state index in [1.807, 2.05) is 55.5 Å². The van der Waals surface area contributed by atoms with E-state index in [1.165, 1.54) is 12.1 Å². The third-order valence-corrected chi connectivity index (χ3v) is 4.72. The number of benzene rings is 3. The molecular weight excluding hydrogens is 392 g/mol. The van der Waals surface area contributed by atoms with Gasteiger partial charge in [0.25, 0.3) is 0 Å². The Morgan fingerprint density at radius 1 is 0.935 bits per heavy atom. The topological polar surface area (TPSA) is 104 Å². The van der Waals surface area contributed by atoms with Crippen molar-refractivity contribution in [3.8, 4) is 11.4 Å². The van der Waals surface area contributed by atoms with Crippen molar-refractivity contribution in [3.63, 3.8) is 0 Å². The van der Waals surface area contributed by atoms with E-state index in [0.29, 0.717) is 17.3 Å². The zero-order valence-electron chi connectivity index (χ0n) is 16.8. The number of hydrogen-bond donors (Lipinski definition) is 3. The lowest BCUT2D eigenvalue weighted by Gasteiger charge is -2.12. The first-order valence-electron chi connectivity index (χ1n) is 9.70. The van der Waals surface area contributed by atoms with Gasteiger partial charge in [-0.05, 0) is 37.3 Å². The molecule has 0 saturated carbocycles. The summed E-state index contributed by atoms with van der Waals surface area (Å²) in [5.74, 6) is -0.251. The molecule has 0 radical (unpaired) electrons. The van der Waals surface area contributed by atoms with E-state index >= 15 is 0 Å². The highest BCUT2D eigenvalue weighted by Crippen LogP contribution is 2.25. The monoisotopic (exact) mass is 412 g/mol. The van der Waals surface area contributed by atoms with Crippen LogP contribution in [0.25, 0.3) is 22.3 Å². The molecule has 0 aliphatic heterocycles. The van der Waals surface area contributed by atoms with Crippen molar-refractivity contribution in [2.75, 3.05) is 17.2 Å². The molecule has 3 aromatic carbocycles. The summed E-state index contributed by atoms with van der Waals surface area (Å²) in [5, 5.41) is 15.7. The summed E-state index contributed by atoms with van der Waals surface area (Å²) in [6.45, 7) is 1.98. The van der Waals surface area contributed by atoms with E-state index in [-0.39, 0.29) is 18.0 Å². The molecule has 0 aliphatic rings. The zero-order valence-corrected chi connectivity index (χ0v) is 16.8. The Morgan fingerprint density at radius 3 is 2.48 bits per heavy atom. The fraction of sp³-hybridized carbons (Fsp3) is 0.0833. The molecule has 0 fully saturated rings. The number of anilines is 2. The van der Waals surface area contributed by atoms with Gasteiger partial charge in [-0.2, -0.15) is 0 Å². The first-order valence-corrected chi connectivity index (χ1v) is 9.70. The van der Waals surface area contributed by atoms with Crippen LogP contribution in [0.2, 0.25) is 0 Å². The summed E-state index contributed by atoms with van der Waals surface area (Å²) in [4.78, 5) is 32.8. The first-order chi connectivity index (χ1) is 15.0. The highest BCUT2D eigenvalue weighted by atomic mass is 16.4. The lowest BCUT2D eigenvalue weighted by atomic mass is 10.1. The second kappa shape index (κ2) is 8.62. The Kier molecular flexibility index (Phi) is 5.57. The van der Waals surface area contributed by atoms with Crippen LogP contribution in [-0.4, -0.2) is 33.5 Å². The van der Waals surface area contributed by atoms with E-state index in [0.717, 1.165) is 22.0 Å². The molecule has 0 atom stereocenters. The second-order valence-corrected chi connectivity index (χ2v) is 7.07. The highest BCUT2D eigenvalue weighted by molar-refractivity contribution is 5.97. The number of aryl methyl sites for hydroxylation is 1. The molecule has 154 valence electrons. The number of rotatable bonds is 6. The number of para-hydroxylation sites is 1. The number of nitrogens with one attached hydrogen (secondary N) is 2. The molecule has 0 saturated heterocycles. The van der Waals surface area contributed by atoms with Crippen molar-refractivity contribution in [2.45, 2.75) is 6.92 Å². The minimum absolute atomic E-state index is 0.0361. The number of aromatic nitrogens is 2. The van der Waals surface area contributed by atoms with Crippen LogP contribution in [0.1, 0.15) is 15.9 Å². The van der Waals surface area contributed by atoms with Crippen LogP contribution in [0.4, 0.5) is 11.5 Å². The van der Waals surface area contributed by atoms with Gasteiger partial charge in [-0.25, -0.2) is 14.8 Å². The van der Waals surface area contributed by atoms with Gasteiger partial charge in [-0.1, -0.05) is 48.0 Å². The first kappa shape index (κ1) is 20.0. The molecule has 7 nitrogen and oxygen atoms in total. The van der Waals surface area contributed by atoms with E-state index in [4.69, 9.17) is 5.11 Å². The largest absolute Gasteiger partial charge is 0.478 e. The van der Waals surface area contributed by atoms with Gasteiger partial charge >= 0.3 is 5.97 Å². The predicted octanol–water partition coefficient (Wildman–Crippen LogP) is 4.35. The van der Waals surface area contributed by atoms with Crippen molar-refractivity contribution in [2.24, 2.45) is 0 Å². The normalized spacial score (nSPS) is 10.6. The standard InChI is InChI=1S/C24H20N4O3/c1-15-9-11-16(12-10-15)22-27-20-8-3-2-7-19(20)23(28-22)25-14-21(29)26-18-6-4-5-17(13-18)24(30)31/h2-13H,14H2,1H3,(H,26,29)(H,30,31)(H,25,27,28). The molecule has 3 N–H and O–H groups in total. The number of carboxylic acids is 1. The van der Waals surface area contributed by atoms with Crippen molar-refractivity contribution in [1.29, 1.82) is 0 Å². The minimum atomic E-state index is -1.05. The molecule has 31 heavy (non-hydrogen) atoms. The molecule has 1 aromatic heterocycles. The van der Waals surface area contributed by atoms with Gasteiger partial charge in [-0.3, -0.25) is 4.79 Å². The van der Waals surface area contributed by atoms with Gasteiger partial charge in [0.05, 0.1) is 17.6 Å². The molecule has 1 amide bonds.